The number of guanidine groups is 1. The molecule has 0 aliphatic carbocycles. The summed E-state index contributed by atoms with van der Waals surface area (Å²) in [5.41, 5.74) is -1.19. The Morgan fingerprint density at radius 3 is 2.38 bits per heavy atom. The monoisotopic (exact) mass is 375 g/mol. The van der Waals surface area contributed by atoms with Gasteiger partial charge in [-0.3, -0.25) is 4.99 Å². The van der Waals surface area contributed by atoms with Crippen molar-refractivity contribution in [3.63, 3.8) is 0 Å². The molecular formula is C18H28F3N3O2. The Kier molecular flexibility index (Phi) is 7.74. The van der Waals surface area contributed by atoms with Crippen molar-refractivity contribution in [3.05, 3.63) is 29.3 Å². The normalized spacial score (nSPS) is 14.1. The number of hydrogen-bond donors (Lipinski definition) is 2. The fourth-order valence-electron chi connectivity index (χ4n) is 2.29. The minimum absolute atomic E-state index is 0.0238. The van der Waals surface area contributed by atoms with Crippen molar-refractivity contribution in [2.45, 2.75) is 52.1 Å². The van der Waals surface area contributed by atoms with Gasteiger partial charge in [0.2, 0.25) is 0 Å². The lowest BCUT2D eigenvalue weighted by molar-refractivity contribution is -0.138. The molecule has 0 bridgehead atoms. The summed E-state index contributed by atoms with van der Waals surface area (Å²) in [7, 11) is 3.13. The lowest BCUT2D eigenvalue weighted by Crippen LogP contribution is -2.43. The standard InChI is InChI=1S/C18H28F3N3O2/c1-12(11-25-6)24-16(22-5)23-10-13-7-8-14(26-17(2,3)4)9-15(13)18(19,20)21/h7-9,12H,10-11H2,1-6H3,(H2,22,23,24). The van der Waals surface area contributed by atoms with Crippen molar-refractivity contribution in [2.24, 2.45) is 4.99 Å². The Labute approximate surface area is 153 Å². The molecule has 0 aromatic heterocycles. The van der Waals surface area contributed by atoms with E-state index in [0.717, 1.165) is 6.07 Å². The lowest BCUT2D eigenvalue weighted by Gasteiger charge is -2.23. The third-order valence-corrected chi connectivity index (χ3v) is 3.28. The van der Waals surface area contributed by atoms with Crippen molar-refractivity contribution in [1.29, 1.82) is 0 Å². The van der Waals surface area contributed by atoms with Gasteiger partial charge in [-0.05, 0) is 45.4 Å². The van der Waals surface area contributed by atoms with Crippen LogP contribution < -0.4 is 15.4 Å². The molecule has 26 heavy (non-hydrogen) atoms. The van der Waals surface area contributed by atoms with Crippen LogP contribution in [0.2, 0.25) is 0 Å². The second-order valence-corrected chi connectivity index (χ2v) is 6.96. The van der Waals surface area contributed by atoms with Crippen LogP contribution in [0, 0.1) is 0 Å². The molecule has 1 rings (SSSR count). The third kappa shape index (κ3) is 7.51. The highest BCUT2D eigenvalue weighted by Crippen LogP contribution is 2.35. The predicted octanol–water partition coefficient (Wildman–Crippen LogP) is 3.58. The SMILES string of the molecule is CN=C(NCc1ccc(OC(C)(C)C)cc1C(F)(F)F)NC(C)COC. The van der Waals surface area contributed by atoms with Crippen LogP contribution in [0.1, 0.15) is 38.8 Å². The highest BCUT2D eigenvalue weighted by atomic mass is 19.4. The molecule has 1 aromatic carbocycles. The Morgan fingerprint density at radius 2 is 1.88 bits per heavy atom. The van der Waals surface area contributed by atoms with Gasteiger partial charge in [0, 0.05) is 26.7 Å². The molecule has 0 spiro atoms. The quantitative estimate of drug-likeness (QED) is 0.589. The van der Waals surface area contributed by atoms with Crippen LogP contribution in [-0.2, 0) is 17.5 Å². The van der Waals surface area contributed by atoms with E-state index in [0.29, 0.717) is 12.6 Å². The number of nitrogens with zero attached hydrogens (tertiary/aromatic N) is 1. The number of nitrogens with one attached hydrogen (secondary N) is 2. The molecule has 0 fully saturated rings. The molecule has 0 aliphatic rings. The van der Waals surface area contributed by atoms with Gasteiger partial charge in [0.05, 0.1) is 12.2 Å². The van der Waals surface area contributed by atoms with E-state index in [-0.39, 0.29) is 23.9 Å². The molecule has 0 heterocycles. The molecule has 0 saturated heterocycles. The number of ether oxygens (including phenoxy) is 2. The molecule has 2 N–H and O–H groups in total. The summed E-state index contributed by atoms with van der Waals surface area (Å²) in [6.45, 7) is 7.67. The van der Waals surface area contributed by atoms with E-state index in [1.807, 2.05) is 6.92 Å². The third-order valence-electron chi connectivity index (χ3n) is 3.28. The molecule has 8 heteroatoms. The van der Waals surface area contributed by atoms with E-state index in [1.54, 1.807) is 41.0 Å². The number of halogens is 3. The maximum atomic E-state index is 13.4. The lowest BCUT2D eigenvalue weighted by atomic mass is 10.1. The van der Waals surface area contributed by atoms with Crippen LogP contribution >= 0.6 is 0 Å². The van der Waals surface area contributed by atoms with Gasteiger partial charge in [-0.1, -0.05) is 6.07 Å². The van der Waals surface area contributed by atoms with E-state index in [2.05, 4.69) is 15.6 Å². The van der Waals surface area contributed by atoms with Crippen molar-refractivity contribution >= 4 is 5.96 Å². The van der Waals surface area contributed by atoms with E-state index in [4.69, 9.17) is 9.47 Å². The Bertz CT molecular complexity index is 611. The molecule has 0 amide bonds. The van der Waals surface area contributed by atoms with E-state index in [1.165, 1.54) is 6.07 Å². The Morgan fingerprint density at radius 1 is 1.23 bits per heavy atom. The maximum absolute atomic E-state index is 13.4. The summed E-state index contributed by atoms with van der Waals surface area (Å²) >= 11 is 0. The van der Waals surface area contributed by atoms with Crippen molar-refractivity contribution in [2.75, 3.05) is 20.8 Å². The number of hydrogen-bond acceptors (Lipinski definition) is 3. The Hall–Kier alpha value is -1.96. The van der Waals surface area contributed by atoms with E-state index >= 15 is 0 Å². The number of alkyl halides is 3. The number of rotatable bonds is 6. The van der Waals surface area contributed by atoms with Crippen LogP contribution in [-0.4, -0.2) is 38.4 Å². The highest BCUT2D eigenvalue weighted by molar-refractivity contribution is 5.79. The second-order valence-electron chi connectivity index (χ2n) is 6.96. The summed E-state index contributed by atoms with van der Waals surface area (Å²) in [5.74, 6) is 0.586. The summed E-state index contributed by atoms with van der Waals surface area (Å²) < 4.78 is 50.9. The summed E-state index contributed by atoms with van der Waals surface area (Å²) in [5, 5.41) is 5.94. The first-order chi connectivity index (χ1) is 12.0. The predicted molar refractivity (Wildman–Crippen MR) is 96.5 cm³/mol. The maximum Gasteiger partial charge on any atom is 0.416 e. The molecule has 0 aliphatic heterocycles. The van der Waals surface area contributed by atoms with Gasteiger partial charge in [0.15, 0.2) is 5.96 Å². The molecule has 148 valence electrons. The first kappa shape index (κ1) is 22.1. The zero-order valence-electron chi connectivity index (χ0n) is 16.1. The fraction of sp³-hybridized carbons (Fsp3) is 0.611. The van der Waals surface area contributed by atoms with Crippen LogP contribution in [0.4, 0.5) is 13.2 Å². The first-order valence-electron chi connectivity index (χ1n) is 8.31. The molecule has 5 nitrogen and oxygen atoms in total. The number of methoxy groups -OCH3 is 1. The first-order valence-corrected chi connectivity index (χ1v) is 8.31. The summed E-state index contributed by atoms with van der Waals surface area (Å²) in [6, 6.07) is 3.96. The minimum atomic E-state index is -4.48. The minimum Gasteiger partial charge on any atom is -0.488 e. The van der Waals surface area contributed by atoms with Crippen LogP contribution in [0.3, 0.4) is 0 Å². The van der Waals surface area contributed by atoms with Crippen molar-refractivity contribution in [3.8, 4) is 5.75 Å². The average molecular weight is 375 g/mol. The topological polar surface area (TPSA) is 54.9 Å². The zero-order valence-corrected chi connectivity index (χ0v) is 16.1. The van der Waals surface area contributed by atoms with Gasteiger partial charge in [-0.25, -0.2) is 0 Å². The largest absolute Gasteiger partial charge is 0.488 e. The fourth-order valence-corrected chi connectivity index (χ4v) is 2.29. The molecule has 1 unspecified atom stereocenters. The van der Waals surface area contributed by atoms with Gasteiger partial charge in [-0.15, -0.1) is 0 Å². The van der Waals surface area contributed by atoms with Gasteiger partial charge < -0.3 is 20.1 Å². The van der Waals surface area contributed by atoms with Crippen LogP contribution in [0.15, 0.2) is 23.2 Å². The van der Waals surface area contributed by atoms with E-state index < -0.39 is 17.3 Å². The van der Waals surface area contributed by atoms with Gasteiger partial charge in [-0.2, -0.15) is 13.2 Å². The van der Waals surface area contributed by atoms with Crippen LogP contribution in [0.25, 0.3) is 0 Å². The smallest absolute Gasteiger partial charge is 0.416 e. The second kappa shape index (κ2) is 9.12. The number of benzene rings is 1. The van der Waals surface area contributed by atoms with Gasteiger partial charge >= 0.3 is 6.18 Å². The molecule has 0 saturated carbocycles. The van der Waals surface area contributed by atoms with Crippen LogP contribution in [0.5, 0.6) is 5.75 Å². The van der Waals surface area contributed by atoms with Gasteiger partial charge in [0.25, 0.3) is 0 Å². The highest BCUT2D eigenvalue weighted by Gasteiger charge is 2.34. The van der Waals surface area contributed by atoms with E-state index in [9.17, 15) is 13.2 Å². The molecule has 0 radical (unpaired) electrons. The van der Waals surface area contributed by atoms with Crippen molar-refractivity contribution in [1.82, 2.24) is 10.6 Å². The molecular weight excluding hydrogens is 347 g/mol. The molecule has 1 atom stereocenters. The Balaban J connectivity index is 2.94. The molecule has 1 aromatic rings. The number of aliphatic imine (C=N–C) groups is 1. The van der Waals surface area contributed by atoms with Crippen molar-refractivity contribution < 1.29 is 22.6 Å². The average Bonchev–Trinajstić information content (AvgIpc) is 2.50. The zero-order chi connectivity index (χ0) is 20.0. The van der Waals surface area contributed by atoms with Gasteiger partial charge in [0.1, 0.15) is 11.4 Å². The summed E-state index contributed by atoms with van der Waals surface area (Å²) in [4.78, 5) is 4.02. The summed E-state index contributed by atoms with van der Waals surface area (Å²) in [6.07, 6.45) is -4.48.